The van der Waals surface area contributed by atoms with Gasteiger partial charge in [0.05, 0.1) is 0 Å². The number of hydrogen-bond donors (Lipinski definition) is 2. The summed E-state index contributed by atoms with van der Waals surface area (Å²) in [4.78, 5) is 9.27. The minimum absolute atomic E-state index is 0.0322. The van der Waals surface area contributed by atoms with Crippen molar-refractivity contribution in [3.8, 4) is 11.1 Å². The van der Waals surface area contributed by atoms with Crippen LogP contribution in [-0.2, 0) is 15.6 Å². The number of aromatic nitrogens is 2. The summed E-state index contributed by atoms with van der Waals surface area (Å²) in [5.41, 5.74) is -0.927. The number of sulfonamides is 1. The topological polar surface area (TPSA) is 113 Å². The van der Waals surface area contributed by atoms with Crippen molar-refractivity contribution < 1.29 is 39.9 Å². The number of thiophene rings is 1. The molecule has 0 unspecified atom stereocenters. The normalized spacial score (nSPS) is 15.9. The molecule has 0 saturated carbocycles. The van der Waals surface area contributed by atoms with E-state index in [1.807, 2.05) is 0 Å². The Morgan fingerprint density at radius 3 is 2.17 bits per heavy atom. The summed E-state index contributed by atoms with van der Waals surface area (Å²) in [6.07, 6.45) is -10.7. The van der Waals surface area contributed by atoms with Crippen LogP contribution in [0.25, 0.3) is 21.2 Å². The van der Waals surface area contributed by atoms with Gasteiger partial charge in [-0.15, -0.1) is 11.3 Å². The Morgan fingerprint density at radius 2 is 1.56 bits per heavy atom. The fraction of sp³-hybridized carbons (Fsp3) is 0.280. The van der Waals surface area contributed by atoms with Gasteiger partial charge in [0.2, 0.25) is 10.0 Å². The Hall–Kier alpha value is -3.47. The highest BCUT2D eigenvalue weighted by molar-refractivity contribution is 7.89. The highest BCUT2D eigenvalue weighted by atomic mass is 32.2. The number of rotatable bonds is 5. The van der Waals surface area contributed by atoms with Gasteiger partial charge < -0.3 is 15.7 Å². The number of hydrogen-bond acceptors (Lipinski definition) is 8. The van der Waals surface area contributed by atoms with Gasteiger partial charge in [0, 0.05) is 54.4 Å². The molecule has 0 spiro atoms. The van der Waals surface area contributed by atoms with E-state index in [9.17, 15) is 39.9 Å². The molecule has 0 bridgehead atoms. The van der Waals surface area contributed by atoms with Gasteiger partial charge in [-0.25, -0.2) is 18.4 Å². The molecule has 0 amide bonds. The molecule has 1 saturated heterocycles. The molecule has 0 atom stereocenters. The second kappa shape index (κ2) is 10.1. The second-order valence-electron chi connectivity index (χ2n) is 9.28. The van der Waals surface area contributed by atoms with Gasteiger partial charge in [-0.2, -0.15) is 30.6 Å². The Labute approximate surface area is 233 Å². The molecule has 41 heavy (non-hydrogen) atoms. The lowest BCUT2D eigenvalue weighted by Gasteiger charge is -2.36. The fourth-order valence-corrected chi connectivity index (χ4v) is 6.71. The number of nitrogens with zero attached hydrogens (tertiary/aromatic N) is 4. The molecule has 1 aromatic carbocycles. The maximum absolute atomic E-state index is 13.7. The highest BCUT2D eigenvalue weighted by Crippen LogP contribution is 2.51. The summed E-state index contributed by atoms with van der Waals surface area (Å²) in [7, 11) is -3.94. The predicted molar refractivity (Wildman–Crippen MR) is 141 cm³/mol. The van der Waals surface area contributed by atoms with Crippen molar-refractivity contribution in [1.29, 1.82) is 0 Å². The first-order valence-electron chi connectivity index (χ1n) is 11.9. The maximum atomic E-state index is 13.7. The number of anilines is 2. The van der Waals surface area contributed by atoms with Crippen LogP contribution in [0.1, 0.15) is 5.56 Å². The third-order valence-electron chi connectivity index (χ3n) is 6.80. The number of aliphatic hydroxyl groups is 1. The smallest absolute Gasteiger partial charge is 0.384 e. The number of pyridine rings is 2. The standard InChI is InChI=1S/C25H21F6N5O3S2/c26-24(27,28)23(37,25(29,30)31)17-12-19(15-1-3-20-16(11-15)5-10-40-20)22(34-13-17)35-6-8-36(9-7-35)41(38,39)18-2-4-21(32)33-14-18/h1-5,10-14,37H,6-9H2,(H2,32,33). The average Bonchev–Trinajstić information content (AvgIpc) is 3.39. The van der Waals surface area contributed by atoms with Crippen LogP contribution in [0.3, 0.4) is 0 Å². The molecule has 1 aliphatic rings. The van der Waals surface area contributed by atoms with E-state index in [-0.39, 0.29) is 53.8 Å². The van der Waals surface area contributed by atoms with Crippen LogP contribution in [-0.4, -0.2) is 66.3 Å². The summed E-state index contributed by atoms with van der Waals surface area (Å²) in [5, 5.41) is 12.5. The van der Waals surface area contributed by atoms with Gasteiger partial charge in [0.15, 0.2) is 0 Å². The molecule has 5 rings (SSSR count). The Bertz CT molecular complexity index is 1670. The SMILES string of the molecule is Nc1ccc(S(=O)(=O)N2CCN(c3ncc(C(O)(C(F)(F)F)C(F)(F)F)cc3-c3ccc4sccc4c3)CC2)cn1. The van der Waals surface area contributed by atoms with E-state index in [1.54, 1.807) is 28.5 Å². The molecule has 4 aromatic rings. The van der Waals surface area contributed by atoms with Crippen LogP contribution in [0.4, 0.5) is 38.0 Å². The molecule has 16 heteroatoms. The first kappa shape index (κ1) is 29.0. The number of piperazine rings is 1. The lowest BCUT2D eigenvalue weighted by Crippen LogP contribution is -2.54. The van der Waals surface area contributed by atoms with Crippen LogP contribution in [0.5, 0.6) is 0 Å². The second-order valence-corrected chi connectivity index (χ2v) is 12.2. The van der Waals surface area contributed by atoms with Gasteiger partial charge >= 0.3 is 12.4 Å². The molecular formula is C25H21F6N5O3S2. The van der Waals surface area contributed by atoms with Crippen molar-refractivity contribution in [2.24, 2.45) is 0 Å². The van der Waals surface area contributed by atoms with Crippen molar-refractivity contribution in [3.05, 3.63) is 65.8 Å². The number of benzene rings is 1. The van der Waals surface area contributed by atoms with Gasteiger partial charge in [-0.1, -0.05) is 6.07 Å². The zero-order valence-corrected chi connectivity index (χ0v) is 22.4. The molecule has 3 aromatic heterocycles. The zero-order valence-electron chi connectivity index (χ0n) is 20.8. The monoisotopic (exact) mass is 617 g/mol. The average molecular weight is 618 g/mol. The largest absolute Gasteiger partial charge is 0.430 e. The number of fused-ring (bicyclic) bond motifs is 1. The molecule has 1 fully saturated rings. The van der Waals surface area contributed by atoms with Gasteiger partial charge in [0.1, 0.15) is 16.5 Å². The van der Waals surface area contributed by atoms with Crippen molar-refractivity contribution >= 4 is 43.1 Å². The van der Waals surface area contributed by atoms with E-state index in [4.69, 9.17) is 5.73 Å². The van der Waals surface area contributed by atoms with Gasteiger partial charge in [-0.05, 0) is 52.7 Å². The van der Waals surface area contributed by atoms with Crippen molar-refractivity contribution in [2.75, 3.05) is 36.8 Å². The van der Waals surface area contributed by atoms with Gasteiger partial charge in [-0.3, -0.25) is 0 Å². The van der Waals surface area contributed by atoms with E-state index in [2.05, 4.69) is 9.97 Å². The molecule has 1 aliphatic heterocycles. The quantitative estimate of drug-likeness (QED) is 0.311. The number of nitrogen functional groups attached to an aromatic ring is 1. The van der Waals surface area contributed by atoms with Crippen molar-refractivity contribution in [1.82, 2.24) is 14.3 Å². The number of nitrogens with two attached hydrogens (primary N) is 1. The Kier molecular flexibility index (Phi) is 7.16. The Balaban J connectivity index is 1.54. The molecule has 4 heterocycles. The first-order valence-corrected chi connectivity index (χ1v) is 14.3. The number of alkyl halides is 6. The summed E-state index contributed by atoms with van der Waals surface area (Å²) in [6, 6.07) is 9.86. The minimum Gasteiger partial charge on any atom is -0.384 e. The summed E-state index contributed by atoms with van der Waals surface area (Å²) in [5.74, 6) is 0.181. The fourth-order valence-electron chi connectivity index (χ4n) is 4.58. The van der Waals surface area contributed by atoms with Crippen molar-refractivity contribution in [3.63, 3.8) is 0 Å². The minimum atomic E-state index is -6.08. The molecular weight excluding hydrogens is 596 g/mol. The molecule has 8 nitrogen and oxygen atoms in total. The molecule has 3 N–H and O–H groups in total. The van der Waals surface area contributed by atoms with E-state index in [0.717, 1.165) is 10.9 Å². The lowest BCUT2D eigenvalue weighted by atomic mass is 9.91. The van der Waals surface area contributed by atoms with Crippen LogP contribution in [0.15, 0.2) is 65.1 Å². The first-order chi connectivity index (χ1) is 19.1. The van der Waals surface area contributed by atoms with E-state index in [0.29, 0.717) is 17.6 Å². The summed E-state index contributed by atoms with van der Waals surface area (Å²) < 4.78 is 110. The zero-order chi connectivity index (χ0) is 29.8. The van der Waals surface area contributed by atoms with Gasteiger partial charge in [0.25, 0.3) is 5.60 Å². The maximum Gasteiger partial charge on any atom is 0.430 e. The van der Waals surface area contributed by atoms with Crippen LogP contribution in [0.2, 0.25) is 0 Å². The van der Waals surface area contributed by atoms with Crippen molar-refractivity contribution in [2.45, 2.75) is 22.8 Å². The highest BCUT2D eigenvalue weighted by Gasteiger charge is 2.71. The van der Waals surface area contributed by atoms with Crippen LogP contribution >= 0.6 is 11.3 Å². The predicted octanol–water partition coefficient (Wildman–Crippen LogP) is 4.76. The molecule has 0 aliphatic carbocycles. The summed E-state index contributed by atoms with van der Waals surface area (Å²) in [6.45, 7) is -0.0304. The van der Waals surface area contributed by atoms with Crippen LogP contribution in [0, 0.1) is 0 Å². The van der Waals surface area contributed by atoms with E-state index >= 15 is 0 Å². The third-order valence-corrected chi connectivity index (χ3v) is 9.58. The lowest BCUT2D eigenvalue weighted by molar-refractivity contribution is -0.376. The summed E-state index contributed by atoms with van der Waals surface area (Å²) >= 11 is 1.40. The van der Waals surface area contributed by atoms with E-state index in [1.165, 1.54) is 33.8 Å². The van der Waals surface area contributed by atoms with E-state index < -0.39 is 33.5 Å². The molecule has 0 radical (unpaired) electrons. The Morgan fingerprint density at radius 1 is 0.878 bits per heavy atom. The third kappa shape index (κ3) is 5.09. The number of halogens is 6. The van der Waals surface area contributed by atoms with Crippen LogP contribution < -0.4 is 10.6 Å². The molecule has 218 valence electrons.